The summed E-state index contributed by atoms with van der Waals surface area (Å²) < 4.78 is 12.6. The molecular weight excluding hydrogens is 159 g/mol. The van der Waals surface area contributed by atoms with Crippen LogP contribution in [0, 0.1) is 5.95 Å². The second-order valence-electron chi connectivity index (χ2n) is 2.28. The second kappa shape index (κ2) is 2.73. The fourth-order valence-electron chi connectivity index (χ4n) is 0.946. The van der Waals surface area contributed by atoms with E-state index in [1.54, 1.807) is 24.5 Å². The van der Waals surface area contributed by atoms with Gasteiger partial charge in [-0.3, -0.25) is 0 Å². The SMILES string of the molecule is Fc1cccc(-[14c]2ncc[nH]2)n1. The molecule has 0 bridgehead atoms. The molecule has 2 heterocycles. The molecule has 60 valence electrons. The Kier molecular flexibility index (Phi) is 1.59. The van der Waals surface area contributed by atoms with E-state index >= 15 is 0 Å². The number of nitrogens with one attached hydrogen (secondary N) is 1. The van der Waals surface area contributed by atoms with Crippen LogP contribution in [-0.4, -0.2) is 15.0 Å². The molecular formula is C8H6FN3. The molecule has 0 fully saturated rings. The van der Waals surface area contributed by atoms with Gasteiger partial charge in [-0.15, -0.1) is 0 Å². The van der Waals surface area contributed by atoms with Crippen molar-refractivity contribution in [1.82, 2.24) is 15.0 Å². The minimum Gasteiger partial charge on any atom is -0.343 e. The molecule has 0 aliphatic carbocycles. The molecule has 2 aromatic heterocycles. The number of hydrogen-bond donors (Lipinski definition) is 1. The van der Waals surface area contributed by atoms with E-state index in [1.165, 1.54) is 6.07 Å². The molecule has 0 atom stereocenters. The molecule has 3 nitrogen and oxygen atoms in total. The summed E-state index contributed by atoms with van der Waals surface area (Å²) in [5.41, 5.74) is 0.514. The Morgan fingerprint density at radius 1 is 1.42 bits per heavy atom. The molecule has 0 saturated carbocycles. The number of aromatic amines is 1. The Hall–Kier alpha value is -1.71. The maximum atomic E-state index is 12.6. The first-order valence-electron chi connectivity index (χ1n) is 3.48. The molecule has 4 heteroatoms. The minimum atomic E-state index is -0.496. The van der Waals surface area contributed by atoms with Crippen LogP contribution in [0.25, 0.3) is 11.5 Å². The lowest BCUT2D eigenvalue weighted by atomic mass is 10.5. The van der Waals surface area contributed by atoms with Crippen LogP contribution in [0.15, 0.2) is 30.6 Å². The molecule has 0 radical (unpaired) electrons. The summed E-state index contributed by atoms with van der Waals surface area (Å²) in [6, 6.07) is 4.59. The summed E-state index contributed by atoms with van der Waals surface area (Å²) in [5.74, 6) is 0.0819. The molecule has 0 saturated heterocycles. The van der Waals surface area contributed by atoms with Crippen LogP contribution in [0.2, 0.25) is 0 Å². The highest BCUT2D eigenvalue weighted by Gasteiger charge is 2.00. The minimum absolute atomic E-state index is 0.496. The van der Waals surface area contributed by atoms with Crippen molar-refractivity contribution < 1.29 is 4.39 Å². The molecule has 0 aromatic carbocycles. The van der Waals surface area contributed by atoms with E-state index in [1.807, 2.05) is 0 Å². The molecule has 0 spiro atoms. The fraction of sp³-hybridized carbons (Fsp3) is 0. The second-order valence-corrected chi connectivity index (χ2v) is 2.28. The summed E-state index contributed by atoms with van der Waals surface area (Å²) in [6.45, 7) is 0. The van der Waals surface area contributed by atoms with Gasteiger partial charge in [0.25, 0.3) is 0 Å². The van der Waals surface area contributed by atoms with Crippen molar-refractivity contribution in [2.75, 3.05) is 0 Å². The first-order valence-corrected chi connectivity index (χ1v) is 3.48. The largest absolute Gasteiger partial charge is 0.343 e. The maximum Gasteiger partial charge on any atom is 0.213 e. The monoisotopic (exact) mass is 165 g/mol. The third-order valence-electron chi connectivity index (χ3n) is 1.46. The number of rotatable bonds is 1. The summed E-state index contributed by atoms with van der Waals surface area (Å²) in [7, 11) is 0. The Balaban J connectivity index is 2.48. The van der Waals surface area contributed by atoms with Gasteiger partial charge >= 0.3 is 0 Å². The van der Waals surface area contributed by atoms with Crippen LogP contribution in [0.3, 0.4) is 0 Å². The number of pyridine rings is 1. The van der Waals surface area contributed by atoms with E-state index in [0.717, 1.165) is 0 Å². The van der Waals surface area contributed by atoms with Crippen LogP contribution in [0.4, 0.5) is 4.39 Å². The summed E-state index contributed by atoms with van der Waals surface area (Å²) in [6.07, 6.45) is 3.27. The van der Waals surface area contributed by atoms with Gasteiger partial charge in [0.2, 0.25) is 5.95 Å². The van der Waals surface area contributed by atoms with E-state index in [9.17, 15) is 4.39 Å². The van der Waals surface area contributed by atoms with Crippen molar-refractivity contribution in [2.24, 2.45) is 0 Å². The van der Waals surface area contributed by atoms with E-state index < -0.39 is 5.95 Å². The summed E-state index contributed by atoms with van der Waals surface area (Å²) in [5, 5.41) is 0. The van der Waals surface area contributed by atoms with Crippen molar-refractivity contribution in [2.45, 2.75) is 0 Å². The standard InChI is InChI=1S/C8H6FN3/c9-7-3-1-2-6(12-7)8-10-4-5-11-8/h1-5H,(H,10,11)/i8+2. The van der Waals surface area contributed by atoms with Crippen LogP contribution < -0.4 is 0 Å². The first kappa shape index (κ1) is 6.97. The topological polar surface area (TPSA) is 41.6 Å². The summed E-state index contributed by atoms with van der Waals surface area (Å²) >= 11 is 0. The Morgan fingerprint density at radius 2 is 2.33 bits per heavy atom. The third kappa shape index (κ3) is 1.18. The van der Waals surface area contributed by atoms with E-state index in [2.05, 4.69) is 15.0 Å². The highest BCUT2D eigenvalue weighted by atomic mass is 19.1. The van der Waals surface area contributed by atoms with Gasteiger partial charge < -0.3 is 4.98 Å². The number of nitrogens with zero attached hydrogens (tertiary/aromatic N) is 2. The normalized spacial score (nSPS) is 10.1. The fourth-order valence-corrected chi connectivity index (χ4v) is 0.946. The Labute approximate surface area is 68.3 Å². The summed E-state index contributed by atoms with van der Waals surface area (Å²) in [4.78, 5) is 10.4. The molecule has 0 unspecified atom stereocenters. The first-order chi connectivity index (χ1) is 5.86. The average molecular weight is 165 g/mol. The molecule has 1 N–H and O–H groups in total. The molecule has 0 aliphatic rings. The zero-order chi connectivity index (χ0) is 8.39. The van der Waals surface area contributed by atoms with Gasteiger partial charge in [0, 0.05) is 12.4 Å². The zero-order valence-electron chi connectivity index (χ0n) is 6.16. The van der Waals surface area contributed by atoms with E-state index in [0.29, 0.717) is 11.5 Å². The predicted octanol–water partition coefficient (Wildman–Crippen LogP) is 1.61. The van der Waals surface area contributed by atoms with Crippen LogP contribution in [0.1, 0.15) is 0 Å². The maximum absolute atomic E-state index is 12.6. The average Bonchev–Trinajstić information content (AvgIpc) is 2.56. The van der Waals surface area contributed by atoms with Crippen LogP contribution in [-0.2, 0) is 0 Å². The van der Waals surface area contributed by atoms with E-state index in [-0.39, 0.29) is 0 Å². The van der Waals surface area contributed by atoms with Gasteiger partial charge in [-0.2, -0.15) is 4.39 Å². The van der Waals surface area contributed by atoms with Gasteiger partial charge in [-0.25, -0.2) is 9.97 Å². The van der Waals surface area contributed by atoms with Crippen molar-refractivity contribution in [3.8, 4) is 11.5 Å². The Bertz CT molecular complexity index is 370. The predicted molar refractivity (Wildman–Crippen MR) is 41.8 cm³/mol. The molecule has 2 aromatic rings. The van der Waals surface area contributed by atoms with Crippen molar-refractivity contribution in [1.29, 1.82) is 0 Å². The van der Waals surface area contributed by atoms with Gasteiger partial charge in [0.15, 0.2) is 5.82 Å². The van der Waals surface area contributed by atoms with Gasteiger partial charge in [0.05, 0.1) is 0 Å². The lowest BCUT2D eigenvalue weighted by Crippen LogP contribution is -1.87. The smallest absolute Gasteiger partial charge is 0.213 e. The van der Waals surface area contributed by atoms with Crippen LogP contribution in [0.5, 0.6) is 0 Å². The zero-order valence-corrected chi connectivity index (χ0v) is 6.16. The lowest BCUT2D eigenvalue weighted by molar-refractivity contribution is 0.585. The third-order valence-corrected chi connectivity index (χ3v) is 1.46. The Morgan fingerprint density at radius 3 is 3.00 bits per heavy atom. The molecule has 2 rings (SSSR count). The number of hydrogen-bond acceptors (Lipinski definition) is 2. The molecule has 0 amide bonds. The van der Waals surface area contributed by atoms with Gasteiger partial charge in [-0.05, 0) is 12.1 Å². The quantitative estimate of drug-likeness (QED) is 0.652. The van der Waals surface area contributed by atoms with Crippen LogP contribution >= 0.6 is 0 Å². The molecule has 0 aliphatic heterocycles. The highest BCUT2D eigenvalue weighted by molar-refractivity contribution is 5.47. The molecule has 12 heavy (non-hydrogen) atoms. The number of imidazole rings is 1. The van der Waals surface area contributed by atoms with Gasteiger partial charge in [0.1, 0.15) is 5.69 Å². The van der Waals surface area contributed by atoms with Gasteiger partial charge in [-0.1, -0.05) is 6.07 Å². The number of H-pyrrole nitrogens is 1. The number of halogens is 1. The van der Waals surface area contributed by atoms with E-state index in [4.69, 9.17) is 0 Å². The van der Waals surface area contributed by atoms with Crippen molar-refractivity contribution >= 4 is 0 Å². The van der Waals surface area contributed by atoms with Crippen molar-refractivity contribution in [3.05, 3.63) is 36.5 Å². The number of aromatic nitrogens is 3. The lowest BCUT2D eigenvalue weighted by Gasteiger charge is -1.93. The highest BCUT2D eigenvalue weighted by Crippen LogP contribution is 2.10. The van der Waals surface area contributed by atoms with Crippen molar-refractivity contribution in [3.63, 3.8) is 0 Å².